The number of likely N-dealkylation sites (tertiary alicyclic amines) is 1. The van der Waals surface area contributed by atoms with Crippen molar-refractivity contribution in [3.8, 4) is 17.2 Å². The van der Waals surface area contributed by atoms with E-state index >= 15 is 0 Å². The maximum atomic E-state index is 12.5. The molecule has 2 aromatic carbocycles. The maximum Gasteiger partial charge on any atom is 0.229 e. The van der Waals surface area contributed by atoms with Gasteiger partial charge in [0.05, 0.1) is 12.5 Å². The molecule has 2 aliphatic rings. The third kappa shape index (κ3) is 4.27. The minimum atomic E-state index is -0.270. The zero-order valence-electron chi connectivity index (χ0n) is 15.9. The summed E-state index contributed by atoms with van der Waals surface area (Å²) in [5.41, 5.74) is 0.696. The highest BCUT2D eigenvalue weighted by Gasteiger charge is 2.41. The number of carbonyl (C=O) groups excluding carboxylic acids is 2. The number of hydrogen-bond donors (Lipinski definition) is 1. The van der Waals surface area contributed by atoms with E-state index in [4.69, 9.17) is 9.47 Å². The van der Waals surface area contributed by atoms with Crippen LogP contribution in [-0.2, 0) is 9.59 Å². The topological polar surface area (TPSA) is 67.9 Å². The van der Waals surface area contributed by atoms with Gasteiger partial charge in [-0.3, -0.25) is 9.59 Å². The molecular formula is C22H24N2O4. The van der Waals surface area contributed by atoms with Crippen LogP contribution in [0.25, 0.3) is 0 Å². The Morgan fingerprint density at radius 1 is 1.04 bits per heavy atom. The van der Waals surface area contributed by atoms with Crippen molar-refractivity contribution in [2.45, 2.75) is 32.2 Å². The molecule has 2 amide bonds. The average Bonchev–Trinajstić information content (AvgIpc) is 3.46. The van der Waals surface area contributed by atoms with Gasteiger partial charge in [-0.05, 0) is 68.3 Å². The average molecular weight is 380 g/mol. The number of amides is 2. The summed E-state index contributed by atoms with van der Waals surface area (Å²) in [5, 5.41) is 2.91. The summed E-state index contributed by atoms with van der Waals surface area (Å²) in [6, 6.07) is 15.0. The van der Waals surface area contributed by atoms with Crippen molar-refractivity contribution in [1.82, 2.24) is 4.90 Å². The van der Waals surface area contributed by atoms with Gasteiger partial charge < -0.3 is 19.7 Å². The van der Waals surface area contributed by atoms with Gasteiger partial charge in [0.15, 0.2) is 0 Å². The fourth-order valence-corrected chi connectivity index (χ4v) is 3.40. The molecule has 0 aromatic heterocycles. The Morgan fingerprint density at radius 2 is 1.64 bits per heavy atom. The molecule has 2 aromatic rings. The molecule has 1 N–H and O–H groups in total. The third-order valence-electron chi connectivity index (χ3n) is 5.01. The summed E-state index contributed by atoms with van der Waals surface area (Å²) < 4.78 is 11.2. The number of nitrogens with zero attached hydrogens (tertiary/aromatic N) is 1. The number of ether oxygens (including phenoxy) is 2. The molecule has 1 heterocycles. The van der Waals surface area contributed by atoms with Gasteiger partial charge in [-0.2, -0.15) is 0 Å². The first-order valence-electron chi connectivity index (χ1n) is 9.73. The lowest BCUT2D eigenvalue weighted by molar-refractivity contribution is -0.128. The highest BCUT2D eigenvalue weighted by atomic mass is 16.5. The molecule has 0 unspecified atom stereocenters. The molecule has 28 heavy (non-hydrogen) atoms. The second-order valence-electron chi connectivity index (χ2n) is 7.20. The number of hydrogen-bond acceptors (Lipinski definition) is 4. The van der Waals surface area contributed by atoms with Crippen molar-refractivity contribution in [3.05, 3.63) is 48.5 Å². The van der Waals surface area contributed by atoms with E-state index in [2.05, 4.69) is 5.32 Å². The van der Waals surface area contributed by atoms with Crippen molar-refractivity contribution < 1.29 is 19.1 Å². The molecule has 1 saturated carbocycles. The van der Waals surface area contributed by atoms with Crippen LogP contribution in [0.1, 0.15) is 26.2 Å². The number of rotatable bonds is 7. The predicted octanol–water partition coefficient (Wildman–Crippen LogP) is 3.83. The molecule has 1 atom stereocenters. The SMILES string of the molecule is CCOc1ccc(Oc2ccc(NC(=O)[C@H]3CC(=O)N(C4CC4)C3)cc2)cc1. The Hall–Kier alpha value is -3.02. The van der Waals surface area contributed by atoms with Crippen molar-refractivity contribution in [2.75, 3.05) is 18.5 Å². The van der Waals surface area contributed by atoms with Crippen molar-refractivity contribution in [3.63, 3.8) is 0 Å². The molecule has 0 spiro atoms. The summed E-state index contributed by atoms with van der Waals surface area (Å²) >= 11 is 0. The van der Waals surface area contributed by atoms with Gasteiger partial charge >= 0.3 is 0 Å². The minimum Gasteiger partial charge on any atom is -0.494 e. The lowest BCUT2D eigenvalue weighted by Gasteiger charge is -2.15. The lowest BCUT2D eigenvalue weighted by atomic mass is 10.1. The maximum absolute atomic E-state index is 12.5. The Kier molecular flexibility index (Phi) is 5.19. The molecule has 6 heteroatoms. The Morgan fingerprint density at radius 3 is 2.25 bits per heavy atom. The summed E-state index contributed by atoms with van der Waals surface area (Å²) in [7, 11) is 0. The standard InChI is InChI=1S/C22H24N2O4/c1-2-27-18-9-11-20(12-10-18)28-19-7-3-16(4-8-19)23-22(26)15-13-21(25)24(14-15)17-5-6-17/h3-4,7-12,15,17H,2,5-6,13-14H2,1H3,(H,23,26)/t15-/m0/s1. The first kappa shape index (κ1) is 18.3. The molecule has 6 nitrogen and oxygen atoms in total. The van der Waals surface area contributed by atoms with Gasteiger partial charge in [0.2, 0.25) is 11.8 Å². The van der Waals surface area contributed by atoms with Crippen LogP contribution in [0.3, 0.4) is 0 Å². The van der Waals surface area contributed by atoms with Gasteiger partial charge in [-0.25, -0.2) is 0 Å². The zero-order valence-corrected chi connectivity index (χ0v) is 15.9. The van der Waals surface area contributed by atoms with Crippen LogP contribution in [-0.4, -0.2) is 35.9 Å². The molecule has 0 bridgehead atoms. The van der Waals surface area contributed by atoms with E-state index < -0.39 is 0 Å². The molecule has 1 saturated heterocycles. The minimum absolute atomic E-state index is 0.0988. The van der Waals surface area contributed by atoms with E-state index in [1.165, 1.54) is 0 Å². The highest BCUT2D eigenvalue weighted by Crippen LogP contribution is 2.33. The van der Waals surface area contributed by atoms with Gasteiger partial charge in [0, 0.05) is 24.7 Å². The van der Waals surface area contributed by atoms with Crippen molar-refractivity contribution in [2.24, 2.45) is 5.92 Å². The fraction of sp³-hybridized carbons (Fsp3) is 0.364. The van der Waals surface area contributed by atoms with Gasteiger partial charge in [0.1, 0.15) is 17.2 Å². The Labute approximate surface area is 164 Å². The van der Waals surface area contributed by atoms with Crippen LogP contribution in [0, 0.1) is 5.92 Å². The summed E-state index contributed by atoms with van der Waals surface area (Å²) in [4.78, 5) is 26.4. The summed E-state index contributed by atoms with van der Waals surface area (Å²) in [5.74, 6) is 1.92. The molecule has 4 rings (SSSR count). The van der Waals surface area contributed by atoms with E-state index in [1.54, 1.807) is 12.1 Å². The van der Waals surface area contributed by atoms with E-state index in [0.717, 1.165) is 18.6 Å². The molecule has 1 aliphatic carbocycles. The second-order valence-corrected chi connectivity index (χ2v) is 7.20. The molecule has 1 aliphatic heterocycles. The van der Waals surface area contributed by atoms with E-state index in [0.29, 0.717) is 42.8 Å². The monoisotopic (exact) mass is 380 g/mol. The fourth-order valence-electron chi connectivity index (χ4n) is 3.40. The first-order chi connectivity index (χ1) is 13.6. The van der Waals surface area contributed by atoms with E-state index in [1.807, 2.05) is 48.2 Å². The van der Waals surface area contributed by atoms with Gasteiger partial charge in [0.25, 0.3) is 0 Å². The number of benzene rings is 2. The molecule has 2 fully saturated rings. The van der Waals surface area contributed by atoms with E-state index in [9.17, 15) is 9.59 Å². The van der Waals surface area contributed by atoms with Crippen LogP contribution in [0.4, 0.5) is 5.69 Å². The quantitative estimate of drug-likeness (QED) is 0.793. The number of nitrogens with one attached hydrogen (secondary N) is 1. The zero-order chi connectivity index (χ0) is 19.5. The van der Waals surface area contributed by atoms with Crippen LogP contribution in [0.5, 0.6) is 17.2 Å². The van der Waals surface area contributed by atoms with E-state index in [-0.39, 0.29) is 17.7 Å². The normalized spacial score (nSPS) is 18.8. The lowest BCUT2D eigenvalue weighted by Crippen LogP contribution is -2.29. The largest absolute Gasteiger partial charge is 0.494 e. The first-order valence-corrected chi connectivity index (χ1v) is 9.73. The van der Waals surface area contributed by atoms with Crippen LogP contribution in [0.2, 0.25) is 0 Å². The van der Waals surface area contributed by atoms with Crippen LogP contribution >= 0.6 is 0 Å². The Bertz CT molecular complexity index is 844. The second kappa shape index (κ2) is 7.92. The highest BCUT2D eigenvalue weighted by molar-refractivity contribution is 5.97. The molecular weight excluding hydrogens is 356 g/mol. The van der Waals surface area contributed by atoms with Crippen molar-refractivity contribution >= 4 is 17.5 Å². The summed E-state index contributed by atoms with van der Waals surface area (Å²) in [6.45, 7) is 3.10. The molecule has 0 radical (unpaired) electrons. The molecule has 146 valence electrons. The summed E-state index contributed by atoms with van der Waals surface area (Å²) in [6.07, 6.45) is 2.44. The van der Waals surface area contributed by atoms with Crippen LogP contribution < -0.4 is 14.8 Å². The van der Waals surface area contributed by atoms with Crippen molar-refractivity contribution in [1.29, 1.82) is 0 Å². The van der Waals surface area contributed by atoms with Gasteiger partial charge in [-0.1, -0.05) is 0 Å². The van der Waals surface area contributed by atoms with Gasteiger partial charge in [-0.15, -0.1) is 0 Å². The predicted molar refractivity (Wildman–Crippen MR) is 106 cm³/mol. The number of carbonyl (C=O) groups is 2. The van der Waals surface area contributed by atoms with Crippen LogP contribution in [0.15, 0.2) is 48.5 Å². The Balaban J connectivity index is 1.31. The smallest absolute Gasteiger partial charge is 0.229 e. The third-order valence-corrected chi connectivity index (χ3v) is 5.01. The number of anilines is 1.